The minimum Gasteiger partial charge on any atom is -0.335 e. The van der Waals surface area contributed by atoms with Crippen LogP contribution in [0.25, 0.3) is 0 Å². The molecular weight excluding hydrogens is 173 g/mol. The smallest absolute Gasteiger partial charge is 0.255 e. The molecule has 0 saturated carbocycles. The summed E-state index contributed by atoms with van der Waals surface area (Å²) < 4.78 is 10.2. The second kappa shape index (κ2) is 9.24. The maximum atomic E-state index is 10.2. The average molecular weight is 193 g/mol. The lowest BCUT2D eigenvalue weighted by molar-refractivity contribution is 0.486. The van der Waals surface area contributed by atoms with Crippen molar-refractivity contribution >= 4 is 8.18 Å². The molecule has 12 heavy (non-hydrogen) atoms. The molecule has 0 saturated heterocycles. The van der Waals surface area contributed by atoms with Crippen molar-refractivity contribution in [2.75, 3.05) is 6.54 Å². The van der Waals surface area contributed by atoms with Gasteiger partial charge >= 0.3 is 0 Å². The standard InChI is InChI=1S/C8H20NO2P/c1-2-3-4-5-6-7-8-9-12(10)11/h12H,2-8H2,1H3,(H2,9,10,11). The second-order valence-corrected chi connectivity index (χ2v) is 3.96. The van der Waals surface area contributed by atoms with Crippen molar-refractivity contribution in [3.8, 4) is 0 Å². The normalized spacial score (nSPS) is 13.2. The molecule has 0 aliphatic rings. The van der Waals surface area contributed by atoms with Crippen LogP contribution in [0.4, 0.5) is 0 Å². The van der Waals surface area contributed by atoms with E-state index in [9.17, 15) is 4.57 Å². The van der Waals surface area contributed by atoms with Crippen LogP contribution in [-0.2, 0) is 4.57 Å². The van der Waals surface area contributed by atoms with E-state index in [1.165, 1.54) is 32.1 Å². The molecule has 0 spiro atoms. The molecule has 0 rings (SSSR count). The quantitative estimate of drug-likeness (QED) is 0.459. The van der Waals surface area contributed by atoms with Gasteiger partial charge in [-0.1, -0.05) is 39.0 Å². The first-order valence-corrected chi connectivity index (χ1v) is 6.09. The summed E-state index contributed by atoms with van der Waals surface area (Å²) in [5, 5.41) is 2.54. The molecule has 0 aromatic heterocycles. The van der Waals surface area contributed by atoms with Gasteiger partial charge in [-0.15, -0.1) is 0 Å². The summed E-state index contributed by atoms with van der Waals surface area (Å²) in [6.45, 7) is 2.87. The monoisotopic (exact) mass is 193 g/mol. The Hall–Kier alpha value is 0.150. The van der Waals surface area contributed by atoms with Crippen LogP contribution >= 0.6 is 8.18 Å². The van der Waals surface area contributed by atoms with Gasteiger partial charge in [0.1, 0.15) is 0 Å². The summed E-state index contributed by atoms with van der Waals surface area (Å²) in [5.74, 6) is 0. The van der Waals surface area contributed by atoms with Crippen LogP contribution < -0.4 is 5.09 Å². The van der Waals surface area contributed by atoms with E-state index in [-0.39, 0.29) is 0 Å². The molecule has 3 nitrogen and oxygen atoms in total. The van der Waals surface area contributed by atoms with Crippen molar-refractivity contribution in [3.63, 3.8) is 0 Å². The molecule has 1 unspecified atom stereocenters. The molecule has 0 aromatic rings. The Morgan fingerprint density at radius 1 is 1.17 bits per heavy atom. The van der Waals surface area contributed by atoms with Crippen LogP contribution in [0.5, 0.6) is 0 Å². The highest BCUT2D eigenvalue weighted by molar-refractivity contribution is 7.35. The van der Waals surface area contributed by atoms with Gasteiger partial charge in [0.2, 0.25) is 0 Å². The fourth-order valence-corrected chi connectivity index (χ4v) is 1.49. The van der Waals surface area contributed by atoms with Crippen molar-refractivity contribution in [2.24, 2.45) is 0 Å². The maximum absolute atomic E-state index is 10.2. The zero-order valence-corrected chi connectivity index (χ0v) is 8.81. The molecule has 0 radical (unpaired) electrons. The molecular formula is C8H20NO2P. The summed E-state index contributed by atoms with van der Waals surface area (Å²) in [6.07, 6.45) is 7.31. The Morgan fingerprint density at radius 3 is 2.33 bits per heavy atom. The molecule has 0 aromatic carbocycles. The molecule has 0 aliphatic heterocycles. The summed E-state index contributed by atoms with van der Waals surface area (Å²) in [6, 6.07) is 0. The number of hydrogen-bond acceptors (Lipinski definition) is 1. The van der Waals surface area contributed by atoms with E-state index in [2.05, 4.69) is 12.0 Å². The molecule has 0 heterocycles. The molecule has 0 aliphatic carbocycles. The Balaban J connectivity index is 2.86. The zero-order chi connectivity index (χ0) is 9.23. The van der Waals surface area contributed by atoms with Gasteiger partial charge in [0, 0.05) is 6.54 Å². The Bertz CT molecular complexity index is 120. The van der Waals surface area contributed by atoms with Gasteiger partial charge < -0.3 is 4.89 Å². The van der Waals surface area contributed by atoms with Gasteiger partial charge in [0.15, 0.2) is 0 Å². The molecule has 0 fully saturated rings. The predicted octanol–water partition coefficient (Wildman–Crippen LogP) is 2.32. The van der Waals surface area contributed by atoms with E-state index < -0.39 is 8.18 Å². The van der Waals surface area contributed by atoms with E-state index in [0.29, 0.717) is 6.54 Å². The van der Waals surface area contributed by atoms with Crippen LogP contribution in [0, 0.1) is 0 Å². The number of rotatable bonds is 8. The minimum absolute atomic E-state index is 0.681. The summed E-state index contributed by atoms with van der Waals surface area (Å²) in [4.78, 5) is 8.43. The number of unbranched alkanes of at least 4 members (excludes halogenated alkanes) is 5. The third-order valence-electron chi connectivity index (χ3n) is 1.81. The summed E-state index contributed by atoms with van der Waals surface area (Å²) in [7, 11) is -2.43. The van der Waals surface area contributed by atoms with E-state index >= 15 is 0 Å². The van der Waals surface area contributed by atoms with Crippen molar-refractivity contribution in [2.45, 2.75) is 45.4 Å². The van der Waals surface area contributed by atoms with Crippen LogP contribution in [0.2, 0.25) is 0 Å². The lowest BCUT2D eigenvalue weighted by Gasteiger charge is -2.00. The van der Waals surface area contributed by atoms with Crippen molar-refractivity contribution in [1.82, 2.24) is 5.09 Å². The van der Waals surface area contributed by atoms with Crippen molar-refractivity contribution < 1.29 is 9.46 Å². The van der Waals surface area contributed by atoms with Crippen LogP contribution in [0.15, 0.2) is 0 Å². The Kier molecular flexibility index (Phi) is 9.36. The second-order valence-electron chi connectivity index (χ2n) is 3.00. The average Bonchev–Trinajstić information content (AvgIpc) is 2.02. The summed E-state index contributed by atoms with van der Waals surface area (Å²) in [5.41, 5.74) is 0. The predicted molar refractivity (Wildman–Crippen MR) is 52.6 cm³/mol. The van der Waals surface area contributed by atoms with Crippen molar-refractivity contribution in [3.05, 3.63) is 0 Å². The first-order chi connectivity index (χ1) is 5.77. The molecule has 1 atom stereocenters. The third kappa shape index (κ3) is 10.2. The molecule has 0 bridgehead atoms. The highest BCUT2D eigenvalue weighted by Crippen LogP contribution is 2.07. The lowest BCUT2D eigenvalue weighted by atomic mass is 10.1. The first-order valence-electron chi connectivity index (χ1n) is 4.74. The highest BCUT2D eigenvalue weighted by Gasteiger charge is 1.91. The van der Waals surface area contributed by atoms with E-state index in [1.54, 1.807) is 0 Å². The van der Waals surface area contributed by atoms with Crippen LogP contribution in [0.1, 0.15) is 45.4 Å². The van der Waals surface area contributed by atoms with Gasteiger partial charge in [-0.05, 0) is 6.42 Å². The zero-order valence-electron chi connectivity index (χ0n) is 7.81. The lowest BCUT2D eigenvalue weighted by Crippen LogP contribution is -2.04. The van der Waals surface area contributed by atoms with Gasteiger partial charge in [0.25, 0.3) is 8.18 Å². The fraction of sp³-hybridized carbons (Fsp3) is 1.00. The molecule has 74 valence electrons. The number of nitrogens with one attached hydrogen (secondary N) is 1. The highest BCUT2D eigenvalue weighted by atomic mass is 31.1. The van der Waals surface area contributed by atoms with Crippen LogP contribution in [-0.4, -0.2) is 11.4 Å². The molecule has 4 heteroatoms. The maximum Gasteiger partial charge on any atom is 0.255 e. The Labute approximate surface area is 75.5 Å². The SMILES string of the molecule is CCCCCCCCN[PH](=O)O. The summed E-state index contributed by atoms with van der Waals surface area (Å²) >= 11 is 0. The number of hydrogen-bond donors (Lipinski definition) is 2. The van der Waals surface area contributed by atoms with E-state index in [0.717, 1.165) is 6.42 Å². The first kappa shape index (κ1) is 12.2. The minimum atomic E-state index is -2.43. The van der Waals surface area contributed by atoms with Gasteiger partial charge in [-0.25, -0.2) is 5.09 Å². The molecule has 2 N–H and O–H groups in total. The van der Waals surface area contributed by atoms with Gasteiger partial charge in [-0.2, -0.15) is 0 Å². The van der Waals surface area contributed by atoms with Gasteiger partial charge in [-0.3, -0.25) is 4.57 Å². The van der Waals surface area contributed by atoms with E-state index in [4.69, 9.17) is 4.89 Å². The largest absolute Gasteiger partial charge is 0.335 e. The van der Waals surface area contributed by atoms with Gasteiger partial charge in [0.05, 0.1) is 0 Å². The van der Waals surface area contributed by atoms with Crippen molar-refractivity contribution in [1.29, 1.82) is 0 Å². The molecule has 0 amide bonds. The van der Waals surface area contributed by atoms with Crippen LogP contribution in [0.3, 0.4) is 0 Å². The Morgan fingerprint density at radius 2 is 1.75 bits per heavy atom. The van der Waals surface area contributed by atoms with E-state index in [1.807, 2.05) is 0 Å². The third-order valence-corrected chi connectivity index (χ3v) is 2.36. The fourth-order valence-electron chi connectivity index (χ4n) is 1.10. The topological polar surface area (TPSA) is 49.3 Å².